The number of thiophene rings is 1. The highest BCUT2D eigenvalue weighted by Gasteiger charge is 2.28. The molecule has 0 bridgehead atoms. The van der Waals surface area contributed by atoms with Gasteiger partial charge in [-0.25, -0.2) is 0 Å². The maximum atomic E-state index is 12.1. The van der Waals surface area contributed by atoms with Crippen LogP contribution in [0.1, 0.15) is 42.2 Å². The fourth-order valence-corrected chi connectivity index (χ4v) is 4.13. The number of hydrogen-bond acceptors (Lipinski definition) is 2. The predicted octanol–water partition coefficient (Wildman–Crippen LogP) is 4.09. The molecule has 102 valence electrons. The highest BCUT2D eigenvalue weighted by Crippen LogP contribution is 2.40. The summed E-state index contributed by atoms with van der Waals surface area (Å²) < 4.78 is 36.3. The number of fused-ring (bicyclic) bond motifs is 1. The Morgan fingerprint density at radius 1 is 1.39 bits per heavy atom. The summed E-state index contributed by atoms with van der Waals surface area (Å²) in [6.07, 6.45) is -1.92. The smallest absolute Gasteiger partial charge is 0.305 e. The van der Waals surface area contributed by atoms with Gasteiger partial charge in [0.25, 0.3) is 0 Å². The van der Waals surface area contributed by atoms with E-state index in [1.54, 1.807) is 11.3 Å². The molecule has 0 aliphatic heterocycles. The predicted molar refractivity (Wildman–Crippen MR) is 68.0 cm³/mol. The molecule has 2 unspecified atom stereocenters. The van der Waals surface area contributed by atoms with Crippen molar-refractivity contribution in [1.82, 2.24) is 5.32 Å². The van der Waals surface area contributed by atoms with Crippen LogP contribution in [0.2, 0.25) is 0 Å². The highest BCUT2D eigenvalue weighted by molar-refractivity contribution is 7.10. The maximum Gasteiger partial charge on any atom is 0.401 e. The van der Waals surface area contributed by atoms with Crippen LogP contribution in [0.5, 0.6) is 0 Å². The zero-order chi connectivity index (χ0) is 13.3. The number of rotatable bonds is 3. The molecular formula is C13H18F3NS. The topological polar surface area (TPSA) is 12.0 Å². The average Bonchev–Trinajstić information content (AvgIpc) is 2.59. The molecule has 0 saturated heterocycles. The van der Waals surface area contributed by atoms with Gasteiger partial charge < -0.3 is 5.32 Å². The van der Waals surface area contributed by atoms with Crippen LogP contribution in [0.3, 0.4) is 0 Å². The van der Waals surface area contributed by atoms with Gasteiger partial charge in [0, 0.05) is 11.4 Å². The molecule has 0 fully saturated rings. The fourth-order valence-electron chi connectivity index (χ4n) is 2.79. The van der Waals surface area contributed by atoms with E-state index >= 15 is 0 Å². The minimum absolute atomic E-state index is 0.323. The summed E-state index contributed by atoms with van der Waals surface area (Å²) in [6, 6.07) is 0. The molecule has 1 aromatic rings. The van der Waals surface area contributed by atoms with Crippen molar-refractivity contribution < 1.29 is 13.2 Å². The van der Waals surface area contributed by atoms with Gasteiger partial charge in [-0.05, 0) is 41.2 Å². The average molecular weight is 277 g/mol. The van der Waals surface area contributed by atoms with Crippen LogP contribution in [0.4, 0.5) is 13.2 Å². The quantitative estimate of drug-likeness (QED) is 0.877. The number of alkyl halides is 3. The van der Waals surface area contributed by atoms with Crippen molar-refractivity contribution in [2.45, 2.75) is 45.3 Å². The lowest BCUT2D eigenvalue weighted by Crippen LogP contribution is -2.28. The van der Waals surface area contributed by atoms with Crippen LogP contribution in [0, 0.1) is 5.92 Å². The van der Waals surface area contributed by atoms with Gasteiger partial charge in [0.2, 0.25) is 0 Å². The monoisotopic (exact) mass is 277 g/mol. The summed E-state index contributed by atoms with van der Waals surface area (Å²) in [5.41, 5.74) is 2.35. The molecule has 1 heterocycles. The summed E-state index contributed by atoms with van der Waals surface area (Å²) in [6.45, 7) is 3.82. The molecule has 1 N–H and O–H groups in total. The second kappa shape index (κ2) is 5.21. The number of nitrogens with one attached hydrogen (secondary N) is 1. The zero-order valence-electron chi connectivity index (χ0n) is 10.6. The molecule has 2 rings (SSSR count). The fraction of sp³-hybridized carbons (Fsp3) is 0.692. The van der Waals surface area contributed by atoms with Crippen LogP contribution < -0.4 is 5.32 Å². The summed E-state index contributed by atoms with van der Waals surface area (Å²) in [4.78, 5) is 1.37. The van der Waals surface area contributed by atoms with E-state index in [1.807, 2.05) is 5.38 Å². The lowest BCUT2D eigenvalue weighted by atomic mass is 9.81. The van der Waals surface area contributed by atoms with Crippen LogP contribution in [0.25, 0.3) is 0 Å². The number of halogens is 3. The van der Waals surface area contributed by atoms with E-state index in [2.05, 4.69) is 19.2 Å². The molecule has 18 heavy (non-hydrogen) atoms. The van der Waals surface area contributed by atoms with E-state index in [1.165, 1.54) is 10.4 Å². The zero-order valence-corrected chi connectivity index (χ0v) is 11.4. The van der Waals surface area contributed by atoms with Gasteiger partial charge in [-0.15, -0.1) is 11.3 Å². The van der Waals surface area contributed by atoms with E-state index < -0.39 is 12.7 Å². The Hall–Kier alpha value is -0.550. The van der Waals surface area contributed by atoms with Crippen LogP contribution in [-0.2, 0) is 13.0 Å². The van der Waals surface area contributed by atoms with Gasteiger partial charge in [-0.3, -0.25) is 0 Å². The molecule has 0 radical (unpaired) electrons. The molecule has 0 amide bonds. The Bertz CT molecular complexity index is 411. The van der Waals surface area contributed by atoms with Crippen molar-refractivity contribution in [2.24, 2.45) is 5.92 Å². The van der Waals surface area contributed by atoms with Crippen molar-refractivity contribution in [3.05, 3.63) is 21.4 Å². The minimum Gasteiger partial charge on any atom is -0.305 e. The first kappa shape index (κ1) is 13.9. The van der Waals surface area contributed by atoms with Crippen LogP contribution in [0.15, 0.2) is 5.38 Å². The standard InChI is InChI=1S/C13H18F3NS/c1-8-3-9(2)12-10(6-18-11(12)4-8)5-17-7-13(14,15)16/h6,8-9,17H,3-5,7H2,1-2H3. The lowest BCUT2D eigenvalue weighted by Gasteiger charge is -2.25. The van der Waals surface area contributed by atoms with Crippen molar-refractivity contribution in [3.8, 4) is 0 Å². The summed E-state index contributed by atoms with van der Waals surface area (Å²) >= 11 is 1.70. The van der Waals surface area contributed by atoms with Crippen molar-refractivity contribution in [1.29, 1.82) is 0 Å². The lowest BCUT2D eigenvalue weighted by molar-refractivity contribution is -0.125. The van der Waals surface area contributed by atoms with E-state index in [0.717, 1.165) is 18.4 Å². The third-order valence-electron chi connectivity index (χ3n) is 3.41. The van der Waals surface area contributed by atoms with E-state index in [4.69, 9.17) is 0 Å². The molecule has 5 heteroatoms. The van der Waals surface area contributed by atoms with Gasteiger partial charge in [-0.1, -0.05) is 13.8 Å². The van der Waals surface area contributed by atoms with Gasteiger partial charge in [0.1, 0.15) is 0 Å². The third kappa shape index (κ3) is 3.26. The highest BCUT2D eigenvalue weighted by atomic mass is 32.1. The number of hydrogen-bond donors (Lipinski definition) is 1. The normalized spacial score (nSPS) is 24.1. The van der Waals surface area contributed by atoms with Gasteiger partial charge >= 0.3 is 6.18 Å². The van der Waals surface area contributed by atoms with Gasteiger partial charge in [0.15, 0.2) is 0 Å². The molecule has 1 aliphatic carbocycles. The Labute approximate surface area is 109 Å². The van der Waals surface area contributed by atoms with E-state index in [9.17, 15) is 13.2 Å². The van der Waals surface area contributed by atoms with Crippen LogP contribution in [-0.4, -0.2) is 12.7 Å². The largest absolute Gasteiger partial charge is 0.401 e. The Morgan fingerprint density at radius 2 is 2.11 bits per heavy atom. The Balaban J connectivity index is 2.03. The Kier molecular flexibility index (Phi) is 4.02. The van der Waals surface area contributed by atoms with Gasteiger partial charge in [0.05, 0.1) is 6.54 Å². The van der Waals surface area contributed by atoms with Crippen molar-refractivity contribution >= 4 is 11.3 Å². The molecule has 1 nitrogen and oxygen atoms in total. The molecule has 0 saturated carbocycles. The second-order valence-corrected chi connectivity index (χ2v) is 6.23. The molecule has 2 atom stereocenters. The van der Waals surface area contributed by atoms with Crippen LogP contribution >= 0.6 is 11.3 Å². The van der Waals surface area contributed by atoms with Gasteiger partial charge in [-0.2, -0.15) is 13.2 Å². The molecule has 1 aromatic heterocycles. The second-order valence-electron chi connectivity index (χ2n) is 5.26. The maximum absolute atomic E-state index is 12.1. The minimum atomic E-state index is -4.13. The first-order valence-corrected chi connectivity index (χ1v) is 7.11. The summed E-state index contributed by atoms with van der Waals surface area (Å²) in [7, 11) is 0. The van der Waals surface area contributed by atoms with Crippen molar-refractivity contribution in [3.63, 3.8) is 0 Å². The van der Waals surface area contributed by atoms with E-state index in [0.29, 0.717) is 18.4 Å². The molecule has 0 spiro atoms. The molecule has 1 aliphatic rings. The first-order chi connectivity index (χ1) is 8.37. The summed E-state index contributed by atoms with van der Waals surface area (Å²) in [5, 5.41) is 4.51. The first-order valence-electron chi connectivity index (χ1n) is 6.23. The SMILES string of the molecule is CC1Cc2scc(CNCC(F)(F)F)c2C(C)C1. The molecule has 0 aromatic carbocycles. The Morgan fingerprint density at radius 3 is 2.78 bits per heavy atom. The summed E-state index contributed by atoms with van der Waals surface area (Å²) in [5.74, 6) is 1.15. The molecular weight excluding hydrogens is 259 g/mol. The van der Waals surface area contributed by atoms with E-state index in [-0.39, 0.29) is 0 Å². The van der Waals surface area contributed by atoms with Crippen molar-refractivity contribution in [2.75, 3.05) is 6.54 Å². The third-order valence-corrected chi connectivity index (χ3v) is 4.49.